The molecule has 0 aliphatic heterocycles. The Bertz CT molecular complexity index is 366. The first kappa shape index (κ1) is 13.7. The molecule has 96 valence electrons. The van der Waals surface area contributed by atoms with Gasteiger partial charge in [-0.15, -0.1) is 0 Å². The highest BCUT2D eigenvalue weighted by Gasteiger charge is 2.15. The van der Waals surface area contributed by atoms with E-state index in [1.807, 2.05) is 6.92 Å². The van der Waals surface area contributed by atoms with Crippen molar-refractivity contribution in [1.29, 1.82) is 0 Å². The molecule has 0 aromatic heterocycles. The number of benzene rings is 1. The number of methoxy groups -OCH3 is 1. The number of nitrogens with two attached hydrogens (primary N) is 1. The molecule has 0 radical (unpaired) electrons. The fourth-order valence-corrected chi connectivity index (χ4v) is 1.66. The van der Waals surface area contributed by atoms with Gasteiger partial charge in [0, 0.05) is 13.2 Å². The molecule has 0 amide bonds. The van der Waals surface area contributed by atoms with Gasteiger partial charge in [0.05, 0.1) is 18.0 Å². The van der Waals surface area contributed by atoms with Crippen molar-refractivity contribution in [3.8, 4) is 0 Å². The summed E-state index contributed by atoms with van der Waals surface area (Å²) < 4.78 is 31.6. The molecule has 5 heteroatoms. The van der Waals surface area contributed by atoms with Gasteiger partial charge in [-0.1, -0.05) is 13.3 Å². The number of hydrogen-bond donors (Lipinski definition) is 2. The van der Waals surface area contributed by atoms with Crippen LogP contribution in [0.25, 0.3) is 0 Å². The lowest BCUT2D eigenvalue weighted by Gasteiger charge is -2.20. The number of halogens is 2. The second-order valence-electron chi connectivity index (χ2n) is 3.91. The van der Waals surface area contributed by atoms with E-state index >= 15 is 0 Å². The smallest absolute Gasteiger partial charge is 0.183 e. The Hall–Kier alpha value is -1.36. The van der Waals surface area contributed by atoms with E-state index in [4.69, 9.17) is 10.5 Å². The molecule has 1 rings (SSSR count). The van der Waals surface area contributed by atoms with Crippen LogP contribution in [0.1, 0.15) is 19.8 Å². The minimum absolute atomic E-state index is 0.0144. The molecule has 0 saturated heterocycles. The third-order valence-corrected chi connectivity index (χ3v) is 2.48. The molecule has 3 N–H and O–H groups in total. The van der Waals surface area contributed by atoms with Gasteiger partial charge in [-0.2, -0.15) is 0 Å². The van der Waals surface area contributed by atoms with Crippen molar-refractivity contribution in [2.24, 2.45) is 0 Å². The molecule has 0 spiro atoms. The summed E-state index contributed by atoms with van der Waals surface area (Å²) in [5, 5.41) is 2.89. The molecule has 0 heterocycles. The maximum Gasteiger partial charge on any atom is 0.183 e. The van der Waals surface area contributed by atoms with Crippen LogP contribution in [0.15, 0.2) is 12.1 Å². The van der Waals surface area contributed by atoms with Gasteiger partial charge in [0.15, 0.2) is 11.6 Å². The summed E-state index contributed by atoms with van der Waals surface area (Å²) in [6, 6.07) is 2.28. The normalized spacial score (nSPS) is 12.5. The van der Waals surface area contributed by atoms with Crippen molar-refractivity contribution in [2.45, 2.75) is 25.8 Å². The van der Waals surface area contributed by atoms with E-state index in [-0.39, 0.29) is 17.4 Å². The molecule has 1 aromatic carbocycles. The highest BCUT2D eigenvalue weighted by Crippen LogP contribution is 2.25. The molecule has 0 saturated carbocycles. The zero-order valence-electron chi connectivity index (χ0n) is 10.1. The minimum atomic E-state index is -0.942. The SMILES string of the molecule is CCCC(COC)Nc1c(N)ccc(F)c1F. The van der Waals surface area contributed by atoms with Crippen LogP contribution in [0, 0.1) is 11.6 Å². The fraction of sp³-hybridized carbons (Fsp3) is 0.500. The molecule has 0 aliphatic rings. The summed E-state index contributed by atoms with van der Waals surface area (Å²) >= 11 is 0. The molecule has 1 unspecified atom stereocenters. The van der Waals surface area contributed by atoms with Gasteiger partial charge in [0.2, 0.25) is 0 Å². The van der Waals surface area contributed by atoms with E-state index in [0.717, 1.165) is 18.9 Å². The summed E-state index contributed by atoms with van der Waals surface area (Å²) in [6.07, 6.45) is 1.71. The van der Waals surface area contributed by atoms with Crippen molar-refractivity contribution in [3.63, 3.8) is 0 Å². The lowest BCUT2D eigenvalue weighted by atomic mass is 10.1. The number of nitrogen functional groups attached to an aromatic ring is 1. The lowest BCUT2D eigenvalue weighted by molar-refractivity contribution is 0.182. The largest absolute Gasteiger partial charge is 0.397 e. The quantitative estimate of drug-likeness (QED) is 0.756. The molecule has 3 nitrogen and oxygen atoms in total. The summed E-state index contributed by atoms with van der Waals surface area (Å²) in [7, 11) is 1.57. The standard InChI is InChI=1S/C12H18F2N2O/c1-3-4-8(7-17-2)16-12-10(15)6-5-9(13)11(12)14/h5-6,8,16H,3-4,7,15H2,1-2H3. The van der Waals surface area contributed by atoms with Crippen molar-refractivity contribution in [3.05, 3.63) is 23.8 Å². The monoisotopic (exact) mass is 244 g/mol. The lowest BCUT2D eigenvalue weighted by Crippen LogP contribution is -2.26. The predicted molar refractivity (Wildman–Crippen MR) is 65.0 cm³/mol. The van der Waals surface area contributed by atoms with Gasteiger partial charge in [0.25, 0.3) is 0 Å². The Kier molecular flexibility index (Phi) is 5.15. The minimum Gasteiger partial charge on any atom is -0.397 e. The number of hydrogen-bond acceptors (Lipinski definition) is 3. The summed E-state index contributed by atoms with van der Waals surface area (Å²) in [5.74, 6) is -1.85. The van der Waals surface area contributed by atoms with Crippen LogP contribution in [-0.4, -0.2) is 19.8 Å². The number of ether oxygens (including phenoxy) is 1. The van der Waals surface area contributed by atoms with Crippen molar-refractivity contribution < 1.29 is 13.5 Å². The van der Waals surface area contributed by atoms with Crippen LogP contribution < -0.4 is 11.1 Å². The van der Waals surface area contributed by atoms with E-state index in [1.165, 1.54) is 6.07 Å². The molecule has 0 aliphatic carbocycles. The van der Waals surface area contributed by atoms with E-state index in [2.05, 4.69) is 5.32 Å². The van der Waals surface area contributed by atoms with Gasteiger partial charge in [-0.25, -0.2) is 8.78 Å². The van der Waals surface area contributed by atoms with E-state index < -0.39 is 11.6 Å². The second kappa shape index (κ2) is 6.39. The predicted octanol–water partition coefficient (Wildman–Crippen LogP) is 2.77. The number of nitrogens with one attached hydrogen (secondary N) is 1. The molecule has 1 aromatic rings. The highest BCUT2D eigenvalue weighted by molar-refractivity contribution is 5.67. The number of anilines is 2. The Morgan fingerprint density at radius 3 is 2.71 bits per heavy atom. The van der Waals surface area contributed by atoms with E-state index in [1.54, 1.807) is 7.11 Å². The Labute approximate surface area is 100.0 Å². The van der Waals surface area contributed by atoms with Crippen LogP contribution in [-0.2, 0) is 4.74 Å². The maximum absolute atomic E-state index is 13.5. The summed E-state index contributed by atoms with van der Waals surface area (Å²) in [6.45, 7) is 2.43. The van der Waals surface area contributed by atoms with Crippen LogP contribution in [0.4, 0.5) is 20.2 Å². The van der Waals surface area contributed by atoms with Crippen molar-refractivity contribution in [1.82, 2.24) is 0 Å². The molecule has 0 bridgehead atoms. The van der Waals surface area contributed by atoms with Gasteiger partial charge in [-0.3, -0.25) is 0 Å². The van der Waals surface area contributed by atoms with Gasteiger partial charge < -0.3 is 15.8 Å². The van der Waals surface area contributed by atoms with Crippen LogP contribution in [0.2, 0.25) is 0 Å². The molecule has 17 heavy (non-hydrogen) atoms. The molecule has 1 atom stereocenters. The Balaban J connectivity index is 2.88. The maximum atomic E-state index is 13.5. The second-order valence-corrected chi connectivity index (χ2v) is 3.91. The van der Waals surface area contributed by atoms with Crippen molar-refractivity contribution >= 4 is 11.4 Å². The third-order valence-electron chi connectivity index (χ3n) is 2.48. The molecular formula is C12H18F2N2O. The zero-order valence-corrected chi connectivity index (χ0v) is 10.1. The summed E-state index contributed by atoms with van der Waals surface area (Å²) in [4.78, 5) is 0. The van der Waals surface area contributed by atoms with Crippen LogP contribution in [0.3, 0.4) is 0 Å². The number of rotatable bonds is 6. The van der Waals surface area contributed by atoms with Crippen molar-refractivity contribution in [2.75, 3.05) is 24.8 Å². The summed E-state index contributed by atoms with van der Waals surface area (Å²) in [5.41, 5.74) is 5.83. The topological polar surface area (TPSA) is 47.3 Å². The Morgan fingerprint density at radius 2 is 2.12 bits per heavy atom. The van der Waals surface area contributed by atoms with Crippen LogP contribution >= 0.6 is 0 Å². The van der Waals surface area contributed by atoms with E-state index in [9.17, 15) is 8.78 Å². The molecular weight excluding hydrogens is 226 g/mol. The highest BCUT2D eigenvalue weighted by atomic mass is 19.2. The average molecular weight is 244 g/mol. The van der Waals surface area contributed by atoms with Gasteiger partial charge in [-0.05, 0) is 18.6 Å². The zero-order chi connectivity index (χ0) is 12.8. The Morgan fingerprint density at radius 1 is 1.41 bits per heavy atom. The van der Waals surface area contributed by atoms with Gasteiger partial charge >= 0.3 is 0 Å². The first-order valence-electron chi connectivity index (χ1n) is 5.59. The third kappa shape index (κ3) is 3.56. The first-order valence-corrected chi connectivity index (χ1v) is 5.59. The first-order chi connectivity index (χ1) is 8.10. The average Bonchev–Trinajstić information content (AvgIpc) is 2.30. The fourth-order valence-electron chi connectivity index (χ4n) is 1.66. The van der Waals surface area contributed by atoms with Gasteiger partial charge in [0.1, 0.15) is 0 Å². The molecule has 0 fully saturated rings. The van der Waals surface area contributed by atoms with Crippen LogP contribution in [0.5, 0.6) is 0 Å². The van der Waals surface area contributed by atoms with E-state index in [0.29, 0.717) is 6.61 Å².